The van der Waals surface area contributed by atoms with E-state index in [1.807, 2.05) is 20.8 Å². The lowest BCUT2D eigenvalue weighted by Gasteiger charge is -2.23. The molecule has 0 aliphatic carbocycles. The molecular formula is C11H14BrF2NO. The van der Waals surface area contributed by atoms with Gasteiger partial charge in [0.05, 0.1) is 0 Å². The summed E-state index contributed by atoms with van der Waals surface area (Å²) in [5.41, 5.74) is 0.752. The van der Waals surface area contributed by atoms with Crippen LogP contribution in [-0.2, 0) is 0 Å². The number of ether oxygens (including phenoxy) is 1. The van der Waals surface area contributed by atoms with Crippen LogP contribution in [0.4, 0.5) is 14.5 Å². The molecule has 90 valence electrons. The van der Waals surface area contributed by atoms with Crippen LogP contribution < -0.4 is 10.1 Å². The van der Waals surface area contributed by atoms with Crippen molar-refractivity contribution in [2.24, 2.45) is 0 Å². The molecule has 0 fully saturated rings. The summed E-state index contributed by atoms with van der Waals surface area (Å²) in [5, 5.41) is 3.24. The Morgan fingerprint density at radius 2 is 1.94 bits per heavy atom. The van der Waals surface area contributed by atoms with E-state index in [0.717, 1.165) is 5.69 Å². The predicted octanol–water partition coefficient (Wildman–Crippen LogP) is 4.26. The first-order chi connectivity index (χ1) is 7.28. The molecule has 0 aliphatic rings. The van der Waals surface area contributed by atoms with Gasteiger partial charge in [0.2, 0.25) is 0 Å². The number of nitrogens with one attached hydrogen (secondary N) is 1. The summed E-state index contributed by atoms with van der Waals surface area (Å²) < 4.78 is 28.9. The minimum absolute atomic E-state index is 0.0897. The quantitative estimate of drug-likeness (QED) is 0.899. The van der Waals surface area contributed by atoms with Crippen molar-refractivity contribution in [1.29, 1.82) is 0 Å². The fourth-order valence-electron chi connectivity index (χ4n) is 1.18. The van der Waals surface area contributed by atoms with Crippen molar-refractivity contribution < 1.29 is 13.5 Å². The Hall–Kier alpha value is -0.840. The number of hydrogen-bond donors (Lipinski definition) is 1. The number of benzene rings is 1. The van der Waals surface area contributed by atoms with Crippen LogP contribution in [0.25, 0.3) is 0 Å². The van der Waals surface area contributed by atoms with Gasteiger partial charge in [-0.05, 0) is 54.9 Å². The van der Waals surface area contributed by atoms with Gasteiger partial charge in [-0.3, -0.25) is 0 Å². The number of anilines is 1. The number of rotatable bonds is 3. The molecule has 0 aromatic heterocycles. The number of hydrogen-bond acceptors (Lipinski definition) is 2. The van der Waals surface area contributed by atoms with Gasteiger partial charge in [-0.15, -0.1) is 0 Å². The van der Waals surface area contributed by atoms with E-state index in [0.29, 0.717) is 4.47 Å². The highest BCUT2D eigenvalue weighted by molar-refractivity contribution is 9.10. The van der Waals surface area contributed by atoms with E-state index >= 15 is 0 Å². The predicted molar refractivity (Wildman–Crippen MR) is 64.1 cm³/mol. The average Bonchev–Trinajstić information content (AvgIpc) is 2.06. The third-order valence-corrected chi connectivity index (χ3v) is 2.33. The zero-order valence-electron chi connectivity index (χ0n) is 9.35. The molecule has 0 saturated carbocycles. The Labute approximate surface area is 102 Å². The molecule has 0 bridgehead atoms. The minimum Gasteiger partial charge on any atom is -0.435 e. The molecular weight excluding hydrogens is 280 g/mol. The highest BCUT2D eigenvalue weighted by Gasteiger charge is 2.12. The fraction of sp³-hybridized carbons (Fsp3) is 0.455. The second kappa shape index (κ2) is 4.99. The van der Waals surface area contributed by atoms with Gasteiger partial charge >= 0.3 is 6.61 Å². The lowest BCUT2D eigenvalue weighted by molar-refractivity contribution is -0.0498. The van der Waals surface area contributed by atoms with Crippen molar-refractivity contribution >= 4 is 21.6 Å². The molecule has 16 heavy (non-hydrogen) atoms. The van der Waals surface area contributed by atoms with Crippen molar-refractivity contribution in [1.82, 2.24) is 0 Å². The smallest absolute Gasteiger partial charge is 0.387 e. The van der Waals surface area contributed by atoms with Gasteiger partial charge in [0.25, 0.3) is 0 Å². The van der Waals surface area contributed by atoms with E-state index in [9.17, 15) is 8.78 Å². The molecule has 2 nitrogen and oxygen atoms in total. The second-order valence-corrected chi connectivity index (χ2v) is 5.25. The molecule has 0 amide bonds. The molecule has 0 aliphatic heterocycles. The molecule has 1 rings (SSSR count). The minimum atomic E-state index is -2.80. The Morgan fingerprint density at radius 1 is 1.31 bits per heavy atom. The lowest BCUT2D eigenvalue weighted by atomic mass is 10.1. The molecule has 1 aromatic rings. The Balaban J connectivity index is 2.83. The van der Waals surface area contributed by atoms with E-state index in [4.69, 9.17) is 0 Å². The molecule has 1 N–H and O–H groups in total. The third-order valence-electron chi connectivity index (χ3n) is 1.68. The van der Waals surface area contributed by atoms with Crippen LogP contribution in [0.1, 0.15) is 20.8 Å². The topological polar surface area (TPSA) is 21.3 Å². The van der Waals surface area contributed by atoms with Crippen LogP contribution in [0.15, 0.2) is 22.7 Å². The molecule has 0 unspecified atom stereocenters. The Kier molecular flexibility index (Phi) is 4.13. The largest absolute Gasteiger partial charge is 0.435 e. The zero-order valence-corrected chi connectivity index (χ0v) is 10.9. The summed E-state index contributed by atoms with van der Waals surface area (Å²) in [6.45, 7) is 3.25. The van der Waals surface area contributed by atoms with Crippen molar-refractivity contribution in [3.63, 3.8) is 0 Å². The maximum atomic E-state index is 12.0. The van der Waals surface area contributed by atoms with Crippen LogP contribution in [-0.4, -0.2) is 12.2 Å². The summed E-state index contributed by atoms with van der Waals surface area (Å²) in [6, 6.07) is 4.72. The van der Waals surface area contributed by atoms with E-state index in [2.05, 4.69) is 26.0 Å². The monoisotopic (exact) mass is 293 g/mol. The molecule has 0 radical (unpaired) electrons. The normalized spacial score (nSPS) is 11.7. The number of halogens is 3. The van der Waals surface area contributed by atoms with E-state index in [-0.39, 0.29) is 11.3 Å². The maximum absolute atomic E-state index is 12.0. The highest BCUT2D eigenvalue weighted by Crippen LogP contribution is 2.29. The van der Waals surface area contributed by atoms with Gasteiger partial charge in [-0.1, -0.05) is 0 Å². The van der Waals surface area contributed by atoms with Gasteiger partial charge in [-0.2, -0.15) is 8.78 Å². The van der Waals surface area contributed by atoms with Gasteiger partial charge in [0, 0.05) is 15.7 Å². The van der Waals surface area contributed by atoms with Crippen molar-refractivity contribution in [3.05, 3.63) is 22.7 Å². The Bertz CT molecular complexity index is 363. The van der Waals surface area contributed by atoms with Gasteiger partial charge in [0.15, 0.2) is 0 Å². The lowest BCUT2D eigenvalue weighted by Crippen LogP contribution is -2.26. The summed E-state index contributed by atoms with van der Waals surface area (Å²) in [7, 11) is 0. The van der Waals surface area contributed by atoms with Gasteiger partial charge in [0.1, 0.15) is 5.75 Å². The van der Waals surface area contributed by atoms with Crippen molar-refractivity contribution in [2.45, 2.75) is 32.9 Å². The molecule has 0 atom stereocenters. The Morgan fingerprint density at radius 3 is 2.38 bits per heavy atom. The number of alkyl halides is 2. The van der Waals surface area contributed by atoms with E-state index < -0.39 is 6.61 Å². The van der Waals surface area contributed by atoms with Crippen LogP contribution in [0.3, 0.4) is 0 Å². The maximum Gasteiger partial charge on any atom is 0.387 e. The first-order valence-electron chi connectivity index (χ1n) is 4.80. The highest BCUT2D eigenvalue weighted by atomic mass is 79.9. The first-order valence-corrected chi connectivity index (χ1v) is 5.60. The summed E-state index contributed by atoms with van der Waals surface area (Å²) in [4.78, 5) is 0. The molecule has 0 heterocycles. The van der Waals surface area contributed by atoms with Gasteiger partial charge in [-0.25, -0.2) is 0 Å². The first kappa shape index (κ1) is 13.2. The standard InChI is InChI=1S/C11H14BrF2NO/c1-11(2,3)15-9-5-4-7(6-8(9)12)16-10(13)14/h4-6,10,15H,1-3H3. The summed E-state index contributed by atoms with van der Waals surface area (Å²) >= 11 is 3.30. The molecule has 1 aromatic carbocycles. The van der Waals surface area contributed by atoms with Gasteiger partial charge < -0.3 is 10.1 Å². The third kappa shape index (κ3) is 4.35. The van der Waals surface area contributed by atoms with Crippen LogP contribution in [0.5, 0.6) is 5.75 Å². The summed E-state index contributed by atoms with van der Waals surface area (Å²) in [6.07, 6.45) is 0. The van der Waals surface area contributed by atoms with Crippen LogP contribution in [0.2, 0.25) is 0 Å². The molecule has 5 heteroatoms. The zero-order chi connectivity index (χ0) is 12.3. The van der Waals surface area contributed by atoms with E-state index in [1.54, 1.807) is 6.07 Å². The SMILES string of the molecule is CC(C)(C)Nc1ccc(OC(F)F)cc1Br. The fourth-order valence-corrected chi connectivity index (χ4v) is 1.63. The van der Waals surface area contributed by atoms with Crippen molar-refractivity contribution in [2.75, 3.05) is 5.32 Å². The van der Waals surface area contributed by atoms with E-state index in [1.165, 1.54) is 12.1 Å². The molecule has 0 spiro atoms. The van der Waals surface area contributed by atoms with Crippen molar-refractivity contribution in [3.8, 4) is 5.75 Å². The van der Waals surface area contributed by atoms with Crippen LogP contribution >= 0.6 is 15.9 Å². The second-order valence-electron chi connectivity index (χ2n) is 4.40. The van der Waals surface area contributed by atoms with Crippen LogP contribution in [0, 0.1) is 0 Å². The average molecular weight is 294 g/mol. The molecule has 0 saturated heterocycles. The summed E-state index contributed by atoms with van der Waals surface area (Å²) in [5.74, 6) is 0.140.